The lowest BCUT2D eigenvalue weighted by atomic mass is 10.1. The topological polar surface area (TPSA) is 25.2 Å². The second kappa shape index (κ2) is 4.89. The van der Waals surface area contributed by atoms with Gasteiger partial charge in [0.05, 0.1) is 11.6 Å². The quantitative estimate of drug-likeness (QED) is 0.886. The highest BCUT2D eigenvalue weighted by atomic mass is 35.5. The second-order valence-corrected chi connectivity index (χ2v) is 5.29. The van der Waals surface area contributed by atoms with Crippen LogP contribution in [0.25, 0.3) is 11.0 Å². The van der Waals surface area contributed by atoms with Crippen molar-refractivity contribution in [2.45, 2.75) is 33.4 Å². The normalized spacial score (nSPS) is 11.6. The van der Waals surface area contributed by atoms with Gasteiger partial charge in [0.25, 0.3) is 0 Å². The fourth-order valence-corrected chi connectivity index (χ4v) is 2.43. The Bertz CT molecular complexity index is 546. The average Bonchev–Trinajstić information content (AvgIpc) is 2.52. The molecule has 0 spiro atoms. The number of hydrogen-bond donors (Lipinski definition) is 1. The van der Waals surface area contributed by atoms with Gasteiger partial charge in [-0.25, -0.2) is 0 Å². The molecule has 0 saturated heterocycles. The highest BCUT2D eigenvalue weighted by molar-refractivity contribution is 6.38. The molecular formula is C13H15Cl2NO. The third-order valence-electron chi connectivity index (χ3n) is 2.72. The van der Waals surface area contributed by atoms with Gasteiger partial charge in [-0.2, -0.15) is 0 Å². The fraction of sp³-hybridized carbons (Fsp3) is 0.385. The molecule has 1 aromatic carbocycles. The minimum Gasteiger partial charge on any atom is -0.459 e. The molecule has 1 heterocycles. The van der Waals surface area contributed by atoms with E-state index in [1.807, 2.05) is 6.92 Å². The van der Waals surface area contributed by atoms with E-state index in [1.165, 1.54) is 0 Å². The van der Waals surface area contributed by atoms with Crippen molar-refractivity contribution in [3.63, 3.8) is 0 Å². The molecule has 0 unspecified atom stereocenters. The van der Waals surface area contributed by atoms with Crippen LogP contribution < -0.4 is 5.32 Å². The van der Waals surface area contributed by atoms with Gasteiger partial charge in [0.1, 0.15) is 11.3 Å². The van der Waals surface area contributed by atoms with Gasteiger partial charge in [-0.15, -0.1) is 0 Å². The van der Waals surface area contributed by atoms with Crippen LogP contribution in [-0.4, -0.2) is 6.04 Å². The van der Waals surface area contributed by atoms with Crippen molar-refractivity contribution >= 4 is 34.2 Å². The van der Waals surface area contributed by atoms with Crippen molar-refractivity contribution in [2.24, 2.45) is 0 Å². The Morgan fingerprint density at radius 3 is 2.65 bits per heavy atom. The van der Waals surface area contributed by atoms with E-state index in [-0.39, 0.29) is 0 Å². The Kier molecular flexibility index (Phi) is 3.67. The molecule has 0 radical (unpaired) electrons. The highest BCUT2D eigenvalue weighted by Crippen LogP contribution is 2.34. The molecule has 1 aromatic heterocycles. The molecule has 1 N–H and O–H groups in total. The van der Waals surface area contributed by atoms with Crippen molar-refractivity contribution in [2.75, 3.05) is 0 Å². The Balaban J connectivity index is 2.45. The first-order valence-corrected chi connectivity index (χ1v) is 6.35. The van der Waals surface area contributed by atoms with Crippen LogP contribution in [0.1, 0.15) is 25.2 Å². The van der Waals surface area contributed by atoms with E-state index < -0.39 is 0 Å². The lowest BCUT2D eigenvalue weighted by Gasteiger charge is -2.05. The monoisotopic (exact) mass is 271 g/mol. The number of nitrogens with one attached hydrogen (secondary N) is 1. The van der Waals surface area contributed by atoms with Crippen LogP contribution >= 0.6 is 23.2 Å². The van der Waals surface area contributed by atoms with E-state index >= 15 is 0 Å². The van der Waals surface area contributed by atoms with Crippen LogP contribution in [0.3, 0.4) is 0 Å². The van der Waals surface area contributed by atoms with E-state index in [0.717, 1.165) is 22.3 Å². The summed E-state index contributed by atoms with van der Waals surface area (Å²) in [4.78, 5) is 0. The smallest absolute Gasteiger partial charge is 0.137 e. The fourth-order valence-electron chi connectivity index (χ4n) is 1.81. The van der Waals surface area contributed by atoms with Gasteiger partial charge < -0.3 is 9.73 Å². The molecule has 4 heteroatoms. The number of furan rings is 1. The van der Waals surface area contributed by atoms with Crippen LogP contribution in [0.4, 0.5) is 0 Å². The van der Waals surface area contributed by atoms with E-state index in [1.54, 1.807) is 12.1 Å². The Morgan fingerprint density at radius 2 is 2.00 bits per heavy atom. The van der Waals surface area contributed by atoms with Gasteiger partial charge in [0, 0.05) is 28.1 Å². The maximum absolute atomic E-state index is 6.18. The molecule has 2 rings (SSSR count). The highest BCUT2D eigenvalue weighted by Gasteiger charge is 2.14. The third kappa shape index (κ3) is 2.59. The average molecular weight is 272 g/mol. The number of benzene rings is 1. The number of aryl methyl sites for hydroxylation is 1. The van der Waals surface area contributed by atoms with Gasteiger partial charge in [-0.3, -0.25) is 0 Å². The molecule has 2 nitrogen and oxygen atoms in total. The summed E-state index contributed by atoms with van der Waals surface area (Å²) in [5.74, 6) is 0.915. The predicted molar refractivity (Wildman–Crippen MR) is 72.9 cm³/mol. The number of hydrogen-bond acceptors (Lipinski definition) is 2. The van der Waals surface area contributed by atoms with E-state index in [9.17, 15) is 0 Å². The molecule has 0 aliphatic carbocycles. The third-order valence-corrected chi connectivity index (χ3v) is 3.23. The van der Waals surface area contributed by atoms with Crippen molar-refractivity contribution in [1.82, 2.24) is 5.32 Å². The summed E-state index contributed by atoms with van der Waals surface area (Å²) in [6.45, 7) is 6.92. The zero-order valence-corrected chi connectivity index (χ0v) is 11.6. The van der Waals surface area contributed by atoms with Crippen LogP contribution in [0, 0.1) is 6.92 Å². The first-order chi connectivity index (χ1) is 7.99. The zero-order valence-electron chi connectivity index (χ0n) is 10.1. The van der Waals surface area contributed by atoms with Crippen LogP contribution in [0.2, 0.25) is 10.0 Å². The standard InChI is InChI=1S/C13H15Cl2NO/c1-7(2)16-6-12-8(3)13-10(15)4-9(14)5-11(13)17-12/h4-5,7,16H,6H2,1-3H3. The van der Waals surface area contributed by atoms with Crippen LogP contribution in [0.15, 0.2) is 16.5 Å². The van der Waals surface area contributed by atoms with Gasteiger partial charge in [0.2, 0.25) is 0 Å². The maximum atomic E-state index is 6.18. The summed E-state index contributed by atoms with van der Waals surface area (Å²) < 4.78 is 5.78. The minimum atomic E-state index is 0.418. The molecule has 2 aromatic rings. The predicted octanol–water partition coefficient (Wildman–Crippen LogP) is 4.55. The molecule has 17 heavy (non-hydrogen) atoms. The molecule has 0 aliphatic rings. The summed E-state index contributed by atoms with van der Waals surface area (Å²) in [5.41, 5.74) is 1.83. The summed E-state index contributed by atoms with van der Waals surface area (Å²) >= 11 is 12.1. The van der Waals surface area contributed by atoms with Crippen molar-refractivity contribution in [1.29, 1.82) is 0 Å². The summed E-state index contributed by atoms with van der Waals surface area (Å²) in [7, 11) is 0. The largest absolute Gasteiger partial charge is 0.459 e. The molecule has 0 atom stereocenters. The van der Waals surface area contributed by atoms with E-state index in [0.29, 0.717) is 22.6 Å². The summed E-state index contributed by atoms with van der Waals surface area (Å²) in [5, 5.41) is 5.52. The molecular weight excluding hydrogens is 257 g/mol. The van der Waals surface area contributed by atoms with Gasteiger partial charge >= 0.3 is 0 Å². The van der Waals surface area contributed by atoms with Crippen molar-refractivity contribution in [3.8, 4) is 0 Å². The van der Waals surface area contributed by atoms with Crippen molar-refractivity contribution in [3.05, 3.63) is 33.5 Å². The summed E-state index contributed by atoms with van der Waals surface area (Å²) in [6, 6.07) is 3.96. The van der Waals surface area contributed by atoms with Crippen LogP contribution in [0.5, 0.6) is 0 Å². The minimum absolute atomic E-state index is 0.418. The molecule has 0 amide bonds. The van der Waals surface area contributed by atoms with Gasteiger partial charge in [-0.1, -0.05) is 37.0 Å². The molecule has 0 saturated carbocycles. The lowest BCUT2D eigenvalue weighted by Crippen LogP contribution is -2.21. The number of rotatable bonds is 3. The number of fused-ring (bicyclic) bond motifs is 1. The zero-order chi connectivity index (χ0) is 12.6. The van der Waals surface area contributed by atoms with Crippen LogP contribution in [-0.2, 0) is 6.54 Å². The number of halogens is 2. The lowest BCUT2D eigenvalue weighted by molar-refractivity contribution is 0.485. The molecule has 0 bridgehead atoms. The maximum Gasteiger partial charge on any atom is 0.137 e. The second-order valence-electron chi connectivity index (χ2n) is 4.45. The van der Waals surface area contributed by atoms with E-state index in [4.69, 9.17) is 27.6 Å². The molecule has 0 fully saturated rings. The Labute approximate surface area is 111 Å². The first-order valence-electron chi connectivity index (χ1n) is 5.59. The van der Waals surface area contributed by atoms with E-state index in [2.05, 4.69) is 19.2 Å². The Morgan fingerprint density at radius 1 is 1.29 bits per heavy atom. The SMILES string of the molecule is Cc1c(CNC(C)C)oc2cc(Cl)cc(Cl)c12. The molecule has 92 valence electrons. The Hall–Kier alpha value is -0.700. The van der Waals surface area contributed by atoms with Crippen molar-refractivity contribution < 1.29 is 4.42 Å². The molecule has 0 aliphatic heterocycles. The van der Waals surface area contributed by atoms with Gasteiger partial charge in [-0.05, 0) is 13.0 Å². The summed E-state index contributed by atoms with van der Waals surface area (Å²) in [6.07, 6.45) is 0. The first kappa shape index (κ1) is 12.7. The van der Waals surface area contributed by atoms with Gasteiger partial charge in [0.15, 0.2) is 0 Å².